The van der Waals surface area contributed by atoms with Crippen LogP contribution >= 0.6 is 0 Å². The number of benzene rings is 2. The van der Waals surface area contributed by atoms with Gasteiger partial charge >= 0.3 is 0 Å². The highest BCUT2D eigenvalue weighted by molar-refractivity contribution is 5.94. The smallest absolute Gasteiger partial charge is 0.225 e. The zero-order valence-electron chi connectivity index (χ0n) is 11.8. The molecule has 0 bridgehead atoms. The van der Waals surface area contributed by atoms with Crippen molar-refractivity contribution in [2.75, 3.05) is 11.9 Å². The molecule has 1 aliphatic rings. The summed E-state index contributed by atoms with van der Waals surface area (Å²) in [5.41, 5.74) is 2.13. The molecule has 0 spiro atoms. The molecule has 0 radical (unpaired) electrons. The van der Waals surface area contributed by atoms with Gasteiger partial charge < -0.3 is 10.6 Å². The minimum absolute atomic E-state index is 0.0934. The monoisotopic (exact) mass is 268 g/mol. The first-order valence-electron chi connectivity index (χ1n) is 7.24. The van der Waals surface area contributed by atoms with Crippen LogP contribution in [0.4, 0.5) is 5.69 Å². The van der Waals surface area contributed by atoms with Gasteiger partial charge in [0.2, 0.25) is 5.91 Å². The Hall–Kier alpha value is -1.87. The lowest BCUT2D eigenvalue weighted by Gasteiger charge is -2.11. The van der Waals surface area contributed by atoms with Gasteiger partial charge in [-0.1, -0.05) is 29.8 Å². The first-order chi connectivity index (χ1) is 9.70. The summed E-state index contributed by atoms with van der Waals surface area (Å²) in [6.07, 6.45) is 2.84. The maximum Gasteiger partial charge on any atom is 0.225 e. The third kappa shape index (κ3) is 2.99. The molecule has 0 aromatic heterocycles. The van der Waals surface area contributed by atoms with Crippen LogP contribution in [0, 0.1) is 6.92 Å². The fraction of sp³-hybridized carbons (Fsp3) is 0.353. The van der Waals surface area contributed by atoms with Gasteiger partial charge in [-0.2, -0.15) is 0 Å². The van der Waals surface area contributed by atoms with Gasteiger partial charge in [0.1, 0.15) is 0 Å². The Balaban J connectivity index is 1.70. The van der Waals surface area contributed by atoms with Crippen molar-refractivity contribution in [3.05, 3.63) is 42.0 Å². The first kappa shape index (κ1) is 13.1. The lowest BCUT2D eigenvalue weighted by molar-refractivity contribution is -0.116. The van der Waals surface area contributed by atoms with Crippen molar-refractivity contribution >= 4 is 22.4 Å². The molecule has 104 valence electrons. The Bertz CT molecular complexity index is 630. The van der Waals surface area contributed by atoms with Gasteiger partial charge in [-0.3, -0.25) is 4.79 Å². The Kier molecular flexibility index (Phi) is 3.70. The standard InChI is InChI=1S/C17H20N2O/c1-12-4-5-14-10-16(7-6-13(14)9-12)19-17(20)11-15-3-2-8-18-15/h4-7,9-10,15,18H,2-3,8,11H2,1H3,(H,19,20). The Morgan fingerprint density at radius 2 is 2.05 bits per heavy atom. The van der Waals surface area contributed by atoms with Crippen LogP contribution in [-0.2, 0) is 4.79 Å². The SMILES string of the molecule is Cc1ccc2cc(NC(=O)CC3CCCN3)ccc2c1. The van der Waals surface area contributed by atoms with E-state index in [2.05, 4.69) is 41.8 Å². The van der Waals surface area contributed by atoms with E-state index >= 15 is 0 Å². The molecule has 20 heavy (non-hydrogen) atoms. The van der Waals surface area contributed by atoms with Gasteiger partial charge in [-0.25, -0.2) is 0 Å². The molecule has 1 saturated heterocycles. The summed E-state index contributed by atoms with van der Waals surface area (Å²) in [5, 5.41) is 8.71. The van der Waals surface area contributed by atoms with E-state index in [1.54, 1.807) is 0 Å². The average Bonchev–Trinajstić information content (AvgIpc) is 2.91. The minimum atomic E-state index is 0.0934. The summed E-state index contributed by atoms with van der Waals surface area (Å²) in [6.45, 7) is 3.12. The van der Waals surface area contributed by atoms with Gasteiger partial charge in [-0.05, 0) is 49.2 Å². The zero-order valence-corrected chi connectivity index (χ0v) is 11.8. The summed E-state index contributed by atoms with van der Waals surface area (Å²) < 4.78 is 0. The molecule has 2 N–H and O–H groups in total. The van der Waals surface area contributed by atoms with E-state index in [1.165, 1.54) is 17.4 Å². The van der Waals surface area contributed by atoms with Crippen LogP contribution < -0.4 is 10.6 Å². The fourth-order valence-electron chi connectivity index (χ4n) is 2.81. The Morgan fingerprint density at radius 1 is 1.25 bits per heavy atom. The lowest BCUT2D eigenvalue weighted by Crippen LogP contribution is -2.27. The maximum absolute atomic E-state index is 12.0. The molecule has 1 aliphatic heterocycles. The largest absolute Gasteiger partial charge is 0.326 e. The third-order valence-electron chi connectivity index (χ3n) is 3.87. The molecule has 2 aromatic rings. The molecule has 0 saturated carbocycles. The summed E-state index contributed by atoms with van der Waals surface area (Å²) >= 11 is 0. The van der Waals surface area contributed by atoms with Crippen LogP contribution in [0.5, 0.6) is 0 Å². The quantitative estimate of drug-likeness (QED) is 0.897. The highest BCUT2D eigenvalue weighted by Crippen LogP contribution is 2.21. The van der Waals surface area contributed by atoms with E-state index in [9.17, 15) is 4.79 Å². The third-order valence-corrected chi connectivity index (χ3v) is 3.87. The van der Waals surface area contributed by atoms with Crippen molar-refractivity contribution in [2.24, 2.45) is 0 Å². The number of amides is 1. The van der Waals surface area contributed by atoms with Gasteiger partial charge in [0.05, 0.1) is 0 Å². The van der Waals surface area contributed by atoms with E-state index in [1.807, 2.05) is 12.1 Å². The highest BCUT2D eigenvalue weighted by atomic mass is 16.1. The number of anilines is 1. The minimum Gasteiger partial charge on any atom is -0.326 e. The highest BCUT2D eigenvalue weighted by Gasteiger charge is 2.17. The second kappa shape index (κ2) is 5.63. The van der Waals surface area contributed by atoms with Crippen LogP contribution in [-0.4, -0.2) is 18.5 Å². The van der Waals surface area contributed by atoms with Gasteiger partial charge in [-0.15, -0.1) is 0 Å². The lowest BCUT2D eigenvalue weighted by atomic mass is 10.1. The molecule has 1 fully saturated rings. The van der Waals surface area contributed by atoms with Crippen molar-refractivity contribution < 1.29 is 4.79 Å². The Morgan fingerprint density at radius 3 is 2.85 bits per heavy atom. The van der Waals surface area contributed by atoms with Crippen molar-refractivity contribution in [1.82, 2.24) is 5.32 Å². The van der Waals surface area contributed by atoms with Crippen LogP contribution in [0.25, 0.3) is 10.8 Å². The summed E-state index contributed by atoms with van der Waals surface area (Å²) in [6, 6.07) is 12.8. The number of carbonyl (C=O) groups is 1. The second-order valence-corrected chi connectivity index (χ2v) is 5.61. The molecule has 1 unspecified atom stereocenters. The van der Waals surface area contributed by atoms with E-state index in [0.717, 1.165) is 24.0 Å². The van der Waals surface area contributed by atoms with E-state index in [0.29, 0.717) is 12.5 Å². The number of rotatable bonds is 3. The first-order valence-corrected chi connectivity index (χ1v) is 7.24. The summed E-state index contributed by atoms with van der Waals surface area (Å²) in [4.78, 5) is 12.0. The van der Waals surface area contributed by atoms with E-state index in [4.69, 9.17) is 0 Å². The number of hydrogen-bond acceptors (Lipinski definition) is 2. The van der Waals surface area contributed by atoms with Crippen LogP contribution in [0.15, 0.2) is 36.4 Å². The second-order valence-electron chi connectivity index (χ2n) is 5.61. The molecule has 2 aromatic carbocycles. The normalized spacial score (nSPS) is 18.4. The fourth-order valence-corrected chi connectivity index (χ4v) is 2.81. The maximum atomic E-state index is 12.0. The number of nitrogens with one attached hydrogen (secondary N) is 2. The molecule has 3 nitrogen and oxygen atoms in total. The van der Waals surface area contributed by atoms with Crippen molar-refractivity contribution in [1.29, 1.82) is 0 Å². The van der Waals surface area contributed by atoms with E-state index in [-0.39, 0.29) is 5.91 Å². The predicted octanol–water partition coefficient (Wildman–Crippen LogP) is 3.23. The predicted molar refractivity (Wildman–Crippen MR) is 83.0 cm³/mol. The molecule has 1 atom stereocenters. The number of hydrogen-bond donors (Lipinski definition) is 2. The van der Waals surface area contributed by atoms with Crippen LogP contribution in [0.3, 0.4) is 0 Å². The summed E-state index contributed by atoms with van der Waals surface area (Å²) in [5.74, 6) is 0.0934. The summed E-state index contributed by atoms with van der Waals surface area (Å²) in [7, 11) is 0. The van der Waals surface area contributed by atoms with Crippen LogP contribution in [0.2, 0.25) is 0 Å². The van der Waals surface area contributed by atoms with E-state index < -0.39 is 0 Å². The molecule has 1 heterocycles. The molecular weight excluding hydrogens is 248 g/mol. The van der Waals surface area contributed by atoms with Gasteiger partial charge in [0.25, 0.3) is 0 Å². The molecule has 3 heteroatoms. The number of fused-ring (bicyclic) bond motifs is 1. The van der Waals surface area contributed by atoms with Crippen molar-refractivity contribution in [2.45, 2.75) is 32.2 Å². The topological polar surface area (TPSA) is 41.1 Å². The average molecular weight is 268 g/mol. The zero-order chi connectivity index (χ0) is 13.9. The van der Waals surface area contributed by atoms with Gasteiger partial charge in [0, 0.05) is 18.2 Å². The molecule has 0 aliphatic carbocycles. The molecule has 3 rings (SSSR count). The van der Waals surface area contributed by atoms with Gasteiger partial charge in [0.15, 0.2) is 0 Å². The van der Waals surface area contributed by atoms with Crippen molar-refractivity contribution in [3.8, 4) is 0 Å². The molecular formula is C17H20N2O. The number of aryl methyl sites for hydroxylation is 1. The van der Waals surface area contributed by atoms with Crippen molar-refractivity contribution in [3.63, 3.8) is 0 Å². The molecule has 1 amide bonds. The number of carbonyl (C=O) groups excluding carboxylic acids is 1. The Labute approximate surface area is 119 Å². The van der Waals surface area contributed by atoms with Crippen LogP contribution in [0.1, 0.15) is 24.8 Å².